The van der Waals surface area contributed by atoms with Gasteiger partial charge in [0.1, 0.15) is 6.54 Å². The molecule has 0 aromatic carbocycles. The highest BCUT2D eigenvalue weighted by Gasteiger charge is 2.48. The van der Waals surface area contributed by atoms with Crippen LogP contribution in [-0.4, -0.2) is 47.8 Å². The molecule has 1 aliphatic heterocycles. The van der Waals surface area contributed by atoms with Crippen LogP contribution in [-0.2, 0) is 23.9 Å². The zero-order chi connectivity index (χ0) is 15.7. The Morgan fingerprint density at radius 2 is 1.64 bits per heavy atom. The van der Waals surface area contributed by atoms with Crippen molar-refractivity contribution in [1.82, 2.24) is 10.2 Å². The number of nitrogens with one attached hydrogen (secondary N) is 1. The third-order valence-electron chi connectivity index (χ3n) is 4.53. The summed E-state index contributed by atoms with van der Waals surface area (Å²) in [7, 11) is 0. The van der Waals surface area contributed by atoms with E-state index < -0.39 is 5.97 Å². The molecule has 2 atom stereocenters. The second-order valence-electron chi connectivity index (χ2n) is 6.26. The fourth-order valence-electron chi connectivity index (χ4n) is 3.20. The number of likely N-dealkylation sites (tertiary alicyclic amines) is 1. The Morgan fingerprint density at radius 3 is 2.18 bits per heavy atom. The number of esters is 1. The minimum Gasteiger partial charge on any atom is -0.454 e. The number of carbonyl (C=O) groups is 4. The number of imide groups is 1. The lowest BCUT2D eigenvalue weighted by molar-refractivity contribution is -0.154. The molecule has 7 nitrogen and oxygen atoms in total. The molecule has 1 saturated heterocycles. The molecule has 3 amide bonds. The van der Waals surface area contributed by atoms with Crippen molar-refractivity contribution in [3.8, 4) is 0 Å². The first kappa shape index (κ1) is 15.0. The molecular weight excluding hydrogens is 288 g/mol. The fourth-order valence-corrected chi connectivity index (χ4v) is 3.20. The number of hydrogen-bond acceptors (Lipinski definition) is 5. The highest BCUT2D eigenvalue weighted by atomic mass is 16.5. The summed E-state index contributed by atoms with van der Waals surface area (Å²) < 4.78 is 4.85. The van der Waals surface area contributed by atoms with Crippen molar-refractivity contribution in [2.75, 3.05) is 13.2 Å². The fraction of sp³-hybridized carbons (Fsp3) is 0.733. The molecule has 7 heteroatoms. The van der Waals surface area contributed by atoms with E-state index in [-0.39, 0.29) is 48.8 Å². The smallest absolute Gasteiger partial charge is 0.326 e. The number of rotatable bonds is 5. The van der Waals surface area contributed by atoms with Crippen LogP contribution in [0.1, 0.15) is 38.5 Å². The molecule has 0 spiro atoms. The third kappa shape index (κ3) is 3.13. The summed E-state index contributed by atoms with van der Waals surface area (Å²) >= 11 is 0. The lowest BCUT2D eigenvalue weighted by atomic mass is 9.81. The first-order valence-corrected chi connectivity index (χ1v) is 7.86. The number of fused-ring (bicyclic) bond motifs is 1. The first-order chi connectivity index (χ1) is 10.6. The van der Waals surface area contributed by atoms with Gasteiger partial charge in [0.2, 0.25) is 11.8 Å². The van der Waals surface area contributed by atoms with Crippen LogP contribution in [0.25, 0.3) is 0 Å². The predicted molar refractivity (Wildman–Crippen MR) is 74.3 cm³/mol. The van der Waals surface area contributed by atoms with Crippen LogP contribution >= 0.6 is 0 Å². The van der Waals surface area contributed by atoms with E-state index >= 15 is 0 Å². The molecular formula is C15H20N2O5. The second-order valence-corrected chi connectivity index (χ2v) is 6.26. The van der Waals surface area contributed by atoms with Gasteiger partial charge >= 0.3 is 5.97 Å². The van der Waals surface area contributed by atoms with Gasteiger partial charge in [-0.3, -0.25) is 24.1 Å². The maximum atomic E-state index is 12.2. The molecule has 1 heterocycles. The standard InChI is InChI=1S/C15H20N2O5/c18-12(16-9-5-6-9)8-22-13(19)7-17-14(20)10-3-1-2-4-11(10)15(17)21/h9-11H,1-8H2,(H,16,18)/t10-,11+. The van der Waals surface area contributed by atoms with E-state index in [9.17, 15) is 19.2 Å². The molecule has 3 aliphatic rings. The van der Waals surface area contributed by atoms with E-state index in [4.69, 9.17) is 4.74 Å². The zero-order valence-corrected chi connectivity index (χ0v) is 12.4. The Balaban J connectivity index is 1.49. The number of hydrogen-bond donors (Lipinski definition) is 1. The molecule has 22 heavy (non-hydrogen) atoms. The van der Waals surface area contributed by atoms with Crippen molar-refractivity contribution in [2.24, 2.45) is 11.8 Å². The van der Waals surface area contributed by atoms with E-state index in [0.717, 1.165) is 30.6 Å². The van der Waals surface area contributed by atoms with E-state index in [1.165, 1.54) is 0 Å². The average Bonchev–Trinajstić information content (AvgIpc) is 3.29. The predicted octanol–water partition coefficient (Wildman–Crippen LogP) is -0.0166. The van der Waals surface area contributed by atoms with Crippen LogP contribution in [0.2, 0.25) is 0 Å². The van der Waals surface area contributed by atoms with Crippen LogP contribution < -0.4 is 5.32 Å². The van der Waals surface area contributed by atoms with Crippen LogP contribution in [0.5, 0.6) is 0 Å². The Bertz CT molecular complexity index is 490. The molecule has 0 unspecified atom stereocenters. The SMILES string of the molecule is O=C(COC(=O)CN1C(=O)[C@H]2CCCC[C@H]2C1=O)NC1CC1. The van der Waals surface area contributed by atoms with Gasteiger partial charge in [-0.05, 0) is 25.7 Å². The Morgan fingerprint density at radius 1 is 1.05 bits per heavy atom. The minimum atomic E-state index is -0.716. The molecule has 0 aromatic heterocycles. The molecule has 3 fully saturated rings. The summed E-state index contributed by atoms with van der Waals surface area (Å²) in [6, 6.07) is 0.205. The van der Waals surface area contributed by atoms with Gasteiger partial charge in [0.05, 0.1) is 11.8 Å². The van der Waals surface area contributed by atoms with Gasteiger partial charge in [-0.1, -0.05) is 12.8 Å². The summed E-state index contributed by atoms with van der Waals surface area (Å²) in [5, 5.41) is 2.70. The van der Waals surface area contributed by atoms with Crippen molar-refractivity contribution in [3.05, 3.63) is 0 Å². The van der Waals surface area contributed by atoms with E-state index in [1.54, 1.807) is 0 Å². The average molecular weight is 308 g/mol. The minimum absolute atomic E-state index is 0.205. The lowest BCUT2D eigenvalue weighted by Crippen LogP contribution is -2.38. The van der Waals surface area contributed by atoms with Crippen LogP contribution in [0, 0.1) is 11.8 Å². The largest absolute Gasteiger partial charge is 0.454 e. The van der Waals surface area contributed by atoms with Crippen LogP contribution in [0.15, 0.2) is 0 Å². The normalized spacial score (nSPS) is 27.5. The van der Waals surface area contributed by atoms with Gasteiger partial charge in [0.25, 0.3) is 5.91 Å². The van der Waals surface area contributed by atoms with Gasteiger partial charge in [-0.15, -0.1) is 0 Å². The third-order valence-corrected chi connectivity index (χ3v) is 4.53. The summed E-state index contributed by atoms with van der Waals surface area (Å²) in [5.74, 6) is -2.14. The first-order valence-electron chi connectivity index (χ1n) is 7.86. The maximum Gasteiger partial charge on any atom is 0.326 e. The summed E-state index contributed by atoms with van der Waals surface area (Å²) in [6.45, 7) is -0.750. The number of carbonyl (C=O) groups excluding carboxylic acids is 4. The summed E-state index contributed by atoms with van der Waals surface area (Å²) in [5.41, 5.74) is 0. The van der Waals surface area contributed by atoms with Gasteiger partial charge < -0.3 is 10.1 Å². The number of ether oxygens (including phenoxy) is 1. The van der Waals surface area contributed by atoms with Crippen molar-refractivity contribution >= 4 is 23.7 Å². The molecule has 120 valence electrons. The zero-order valence-electron chi connectivity index (χ0n) is 12.4. The topological polar surface area (TPSA) is 92.8 Å². The van der Waals surface area contributed by atoms with E-state index in [2.05, 4.69) is 5.32 Å². The molecule has 0 bridgehead atoms. The van der Waals surface area contributed by atoms with Gasteiger partial charge in [0.15, 0.2) is 6.61 Å². The molecule has 2 saturated carbocycles. The molecule has 0 aromatic rings. The maximum absolute atomic E-state index is 12.2. The van der Waals surface area contributed by atoms with Gasteiger partial charge in [0, 0.05) is 6.04 Å². The van der Waals surface area contributed by atoms with Crippen LogP contribution in [0.3, 0.4) is 0 Å². The molecule has 2 aliphatic carbocycles. The summed E-state index contributed by atoms with van der Waals surface area (Å²) in [6.07, 6.45) is 5.23. The molecule has 0 radical (unpaired) electrons. The van der Waals surface area contributed by atoms with Crippen LogP contribution in [0.4, 0.5) is 0 Å². The molecule has 1 N–H and O–H groups in total. The van der Waals surface area contributed by atoms with Crippen molar-refractivity contribution in [3.63, 3.8) is 0 Å². The number of nitrogens with zero attached hydrogens (tertiary/aromatic N) is 1. The Labute approximate surface area is 128 Å². The quantitative estimate of drug-likeness (QED) is 0.569. The monoisotopic (exact) mass is 308 g/mol. The second kappa shape index (κ2) is 6.06. The van der Waals surface area contributed by atoms with E-state index in [1.807, 2.05) is 0 Å². The van der Waals surface area contributed by atoms with Gasteiger partial charge in [-0.2, -0.15) is 0 Å². The molecule has 3 rings (SSSR count). The summed E-state index contributed by atoms with van der Waals surface area (Å²) in [4.78, 5) is 48.6. The highest BCUT2D eigenvalue weighted by Crippen LogP contribution is 2.37. The highest BCUT2D eigenvalue weighted by molar-refractivity contribution is 6.07. The van der Waals surface area contributed by atoms with Crippen molar-refractivity contribution in [2.45, 2.75) is 44.6 Å². The number of amides is 3. The lowest BCUT2D eigenvalue weighted by Gasteiger charge is -2.19. The van der Waals surface area contributed by atoms with E-state index in [0.29, 0.717) is 12.8 Å². The Kier molecular flexibility index (Phi) is 4.13. The van der Waals surface area contributed by atoms with Crippen molar-refractivity contribution < 1.29 is 23.9 Å². The van der Waals surface area contributed by atoms with Gasteiger partial charge in [-0.25, -0.2) is 0 Å². The van der Waals surface area contributed by atoms with Crippen molar-refractivity contribution in [1.29, 1.82) is 0 Å². The Hall–Kier alpha value is -1.92.